The van der Waals surface area contributed by atoms with Crippen molar-refractivity contribution in [3.8, 4) is 16.9 Å². The number of methoxy groups -OCH3 is 1. The number of thiophene rings is 1. The molecular formula is C27H27ClN4O4S2. The van der Waals surface area contributed by atoms with E-state index in [4.69, 9.17) is 21.1 Å². The molecule has 11 heteroatoms. The standard InChI is InChI=1S/C27H27ClN4O4S2/c1-5-32-21(14-36-20-12-11-19(28)13-16(20)2)30-31-27(32)37-15-22(33)29-25-24(26(34)35-4)23(17(3)38-25)18-9-7-6-8-10-18/h6-13H,5,14-15H2,1-4H3,(H,29,33). The number of carbonyl (C=O) groups is 2. The second-order valence-electron chi connectivity index (χ2n) is 8.27. The molecule has 0 aliphatic rings. The number of esters is 1. The van der Waals surface area contributed by atoms with Crippen LogP contribution in [0.2, 0.25) is 5.02 Å². The molecule has 0 radical (unpaired) electrons. The molecule has 0 aliphatic heterocycles. The molecule has 0 atom stereocenters. The largest absolute Gasteiger partial charge is 0.485 e. The van der Waals surface area contributed by atoms with Crippen molar-refractivity contribution in [1.29, 1.82) is 0 Å². The lowest BCUT2D eigenvalue weighted by molar-refractivity contribution is -0.113. The number of rotatable bonds is 10. The molecule has 2 aromatic carbocycles. The van der Waals surface area contributed by atoms with E-state index in [0.717, 1.165) is 27.3 Å². The predicted molar refractivity (Wildman–Crippen MR) is 151 cm³/mol. The first-order valence-corrected chi connectivity index (χ1v) is 14.0. The van der Waals surface area contributed by atoms with Crippen LogP contribution in [0.5, 0.6) is 5.75 Å². The zero-order valence-electron chi connectivity index (χ0n) is 21.4. The Morgan fingerprint density at radius 3 is 2.58 bits per heavy atom. The summed E-state index contributed by atoms with van der Waals surface area (Å²) in [5.74, 6) is 0.701. The highest BCUT2D eigenvalue weighted by Crippen LogP contribution is 2.40. The Kier molecular flexibility index (Phi) is 9.09. The van der Waals surface area contributed by atoms with E-state index in [2.05, 4.69) is 15.5 Å². The van der Waals surface area contributed by atoms with Gasteiger partial charge in [-0.15, -0.1) is 21.5 Å². The summed E-state index contributed by atoms with van der Waals surface area (Å²) in [6, 6.07) is 15.0. The molecular weight excluding hydrogens is 544 g/mol. The summed E-state index contributed by atoms with van der Waals surface area (Å²) in [5, 5.41) is 13.1. The summed E-state index contributed by atoms with van der Waals surface area (Å²) < 4.78 is 12.9. The van der Waals surface area contributed by atoms with Gasteiger partial charge in [0, 0.05) is 22.0 Å². The summed E-state index contributed by atoms with van der Waals surface area (Å²) in [7, 11) is 1.33. The zero-order valence-corrected chi connectivity index (χ0v) is 23.8. The van der Waals surface area contributed by atoms with Crippen LogP contribution in [0.15, 0.2) is 53.7 Å². The fraction of sp³-hybridized carbons (Fsp3) is 0.259. The van der Waals surface area contributed by atoms with E-state index in [-0.39, 0.29) is 18.3 Å². The minimum Gasteiger partial charge on any atom is -0.485 e. The molecule has 0 bridgehead atoms. The maximum absolute atomic E-state index is 12.9. The summed E-state index contributed by atoms with van der Waals surface area (Å²) in [4.78, 5) is 26.5. The number of aryl methyl sites for hydroxylation is 2. The van der Waals surface area contributed by atoms with Crippen LogP contribution in [-0.4, -0.2) is 39.5 Å². The highest BCUT2D eigenvalue weighted by Gasteiger charge is 2.25. The van der Waals surface area contributed by atoms with Crippen molar-refractivity contribution in [2.45, 2.75) is 39.1 Å². The molecule has 1 amide bonds. The molecule has 0 fully saturated rings. The Balaban J connectivity index is 1.45. The number of amides is 1. The van der Waals surface area contributed by atoms with Gasteiger partial charge in [0.05, 0.1) is 12.9 Å². The van der Waals surface area contributed by atoms with Crippen LogP contribution < -0.4 is 10.1 Å². The number of aromatic nitrogens is 3. The molecule has 0 saturated carbocycles. The van der Waals surface area contributed by atoms with E-state index in [9.17, 15) is 9.59 Å². The zero-order chi connectivity index (χ0) is 27.2. The van der Waals surface area contributed by atoms with Gasteiger partial charge >= 0.3 is 5.97 Å². The first-order chi connectivity index (χ1) is 18.3. The van der Waals surface area contributed by atoms with Crippen LogP contribution in [0, 0.1) is 13.8 Å². The summed E-state index contributed by atoms with van der Waals surface area (Å²) in [6.07, 6.45) is 0. The van der Waals surface area contributed by atoms with Gasteiger partial charge in [-0.2, -0.15) is 0 Å². The third kappa shape index (κ3) is 6.20. The Labute approximate surface area is 234 Å². The Morgan fingerprint density at radius 1 is 1.13 bits per heavy atom. The number of ether oxygens (including phenoxy) is 2. The molecule has 8 nitrogen and oxygen atoms in total. The number of benzene rings is 2. The maximum atomic E-state index is 12.9. The van der Waals surface area contributed by atoms with Crippen LogP contribution >= 0.6 is 34.7 Å². The summed E-state index contributed by atoms with van der Waals surface area (Å²) in [5.41, 5.74) is 2.93. The average Bonchev–Trinajstić information content (AvgIpc) is 3.46. The number of halogens is 1. The van der Waals surface area contributed by atoms with E-state index in [1.807, 2.05) is 67.8 Å². The van der Waals surface area contributed by atoms with Gasteiger partial charge in [-0.05, 0) is 50.1 Å². The summed E-state index contributed by atoms with van der Waals surface area (Å²) >= 11 is 8.64. The van der Waals surface area contributed by atoms with Crippen LogP contribution in [0.1, 0.15) is 33.5 Å². The van der Waals surface area contributed by atoms with Gasteiger partial charge in [-0.3, -0.25) is 4.79 Å². The van der Waals surface area contributed by atoms with Crippen molar-refractivity contribution >= 4 is 51.6 Å². The molecule has 0 unspecified atom stereocenters. The van der Waals surface area contributed by atoms with Crippen molar-refractivity contribution in [2.75, 3.05) is 18.2 Å². The van der Waals surface area contributed by atoms with Gasteiger partial charge < -0.3 is 19.4 Å². The first kappa shape index (κ1) is 27.7. The minimum atomic E-state index is -0.498. The van der Waals surface area contributed by atoms with Gasteiger partial charge in [0.1, 0.15) is 22.9 Å². The lowest BCUT2D eigenvalue weighted by Crippen LogP contribution is -2.16. The minimum absolute atomic E-state index is 0.0908. The van der Waals surface area contributed by atoms with Crippen molar-refractivity contribution in [2.24, 2.45) is 0 Å². The lowest BCUT2D eigenvalue weighted by atomic mass is 10.0. The molecule has 2 heterocycles. The van der Waals surface area contributed by atoms with Gasteiger partial charge in [0.2, 0.25) is 5.91 Å². The first-order valence-electron chi connectivity index (χ1n) is 11.8. The van der Waals surface area contributed by atoms with Gasteiger partial charge in [0.15, 0.2) is 11.0 Å². The van der Waals surface area contributed by atoms with Gasteiger partial charge in [0.25, 0.3) is 0 Å². The van der Waals surface area contributed by atoms with E-state index in [1.54, 1.807) is 6.07 Å². The molecule has 198 valence electrons. The fourth-order valence-electron chi connectivity index (χ4n) is 3.94. The van der Waals surface area contributed by atoms with Crippen LogP contribution in [-0.2, 0) is 22.7 Å². The van der Waals surface area contributed by atoms with Crippen molar-refractivity contribution < 1.29 is 19.1 Å². The van der Waals surface area contributed by atoms with Crippen molar-refractivity contribution in [3.05, 3.63) is 75.4 Å². The smallest absolute Gasteiger partial charge is 0.341 e. The second kappa shape index (κ2) is 12.5. The third-order valence-electron chi connectivity index (χ3n) is 5.73. The number of anilines is 1. The van der Waals surface area contributed by atoms with Crippen molar-refractivity contribution in [3.63, 3.8) is 0 Å². The second-order valence-corrected chi connectivity index (χ2v) is 10.9. The van der Waals surface area contributed by atoms with E-state index in [0.29, 0.717) is 33.1 Å². The molecule has 38 heavy (non-hydrogen) atoms. The summed E-state index contributed by atoms with van der Waals surface area (Å²) in [6.45, 7) is 6.67. The number of carbonyl (C=O) groups excluding carboxylic acids is 2. The lowest BCUT2D eigenvalue weighted by Gasteiger charge is -2.11. The van der Waals surface area contributed by atoms with Crippen LogP contribution in [0.25, 0.3) is 11.1 Å². The molecule has 0 saturated heterocycles. The van der Waals surface area contributed by atoms with E-state index >= 15 is 0 Å². The SMILES string of the molecule is CCn1c(COc2ccc(Cl)cc2C)nnc1SCC(=O)Nc1sc(C)c(-c2ccccc2)c1C(=O)OC. The molecule has 0 aliphatic carbocycles. The number of nitrogens with one attached hydrogen (secondary N) is 1. The van der Waals surface area contributed by atoms with E-state index in [1.165, 1.54) is 30.2 Å². The quantitative estimate of drug-likeness (QED) is 0.174. The third-order valence-corrected chi connectivity index (χ3v) is 7.95. The number of thioether (sulfide) groups is 1. The highest BCUT2D eigenvalue weighted by atomic mass is 35.5. The number of hydrogen-bond acceptors (Lipinski definition) is 8. The number of nitrogens with zero attached hydrogens (tertiary/aromatic N) is 3. The van der Waals surface area contributed by atoms with Gasteiger partial charge in [-0.25, -0.2) is 4.79 Å². The van der Waals surface area contributed by atoms with Crippen molar-refractivity contribution in [1.82, 2.24) is 14.8 Å². The van der Waals surface area contributed by atoms with E-state index < -0.39 is 5.97 Å². The van der Waals surface area contributed by atoms with Crippen LogP contribution in [0.3, 0.4) is 0 Å². The van der Waals surface area contributed by atoms with Crippen LogP contribution in [0.4, 0.5) is 5.00 Å². The Morgan fingerprint density at radius 2 is 1.89 bits per heavy atom. The maximum Gasteiger partial charge on any atom is 0.341 e. The van der Waals surface area contributed by atoms with Gasteiger partial charge in [-0.1, -0.05) is 53.7 Å². The molecule has 4 rings (SSSR count). The Bertz CT molecular complexity index is 1450. The predicted octanol–water partition coefficient (Wildman–Crippen LogP) is 6.39. The Hall–Kier alpha value is -3.34. The molecule has 4 aromatic rings. The highest BCUT2D eigenvalue weighted by molar-refractivity contribution is 7.99. The average molecular weight is 571 g/mol. The molecule has 0 spiro atoms. The monoisotopic (exact) mass is 570 g/mol. The number of hydrogen-bond donors (Lipinski definition) is 1. The molecule has 2 aromatic heterocycles. The molecule has 1 N–H and O–H groups in total. The fourth-order valence-corrected chi connectivity index (χ4v) is 6.07. The topological polar surface area (TPSA) is 95.3 Å². The normalized spacial score (nSPS) is 10.9.